The first-order chi connectivity index (χ1) is 11.8. The van der Waals surface area contributed by atoms with Crippen LogP contribution >= 0.6 is 0 Å². The lowest BCUT2D eigenvalue weighted by Gasteiger charge is -2.41. The maximum absolute atomic E-state index is 14.1. The number of hydrogen-bond acceptors (Lipinski definition) is 3. The summed E-state index contributed by atoms with van der Waals surface area (Å²) in [4.78, 5) is 16.0. The molecule has 1 amide bonds. The van der Waals surface area contributed by atoms with Gasteiger partial charge < -0.3 is 10.4 Å². The number of carbonyl (C=O) groups excluding carboxylic acids is 1. The fourth-order valence-electron chi connectivity index (χ4n) is 2.91. The summed E-state index contributed by atoms with van der Waals surface area (Å²) in [5.41, 5.74) is 0.396. The number of halogens is 2. The number of aliphatic hydroxyl groups is 1. The van der Waals surface area contributed by atoms with E-state index in [2.05, 4.69) is 10.3 Å². The molecule has 1 aliphatic carbocycles. The van der Waals surface area contributed by atoms with Crippen molar-refractivity contribution in [2.75, 3.05) is 0 Å². The van der Waals surface area contributed by atoms with Gasteiger partial charge in [0, 0.05) is 12.4 Å². The number of benzene rings is 1. The van der Waals surface area contributed by atoms with Gasteiger partial charge in [0.05, 0.1) is 6.04 Å². The van der Waals surface area contributed by atoms with Crippen molar-refractivity contribution in [3.05, 3.63) is 54.4 Å². The summed E-state index contributed by atoms with van der Waals surface area (Å²) in [5, 5.41) is 12.1. The number of amides is 1. The second-order valence-electron chi connectivity index (χ2n) is 6.52. The van der Waals surface area contributed by atoms with Gasteiger partial charge in [0.1, 0.15) is 5.60 Å². The fraction of sp³-hybridized carbons (Fsp3) is 0.368. The number of pyridine rings is 1. The molecule has 1 heterocycles. The maximum atomic E-state index is 14.1. The Balaban J connectivity index is 1.69. The molecule has 2 aromatic rings. The average Bonchev–Trinajstić information content (AvgIpc) is 2.60. The van der Waals surface area contributed by atoms with Gasteiger partial charge in [0.2, 0.25) is 0 Å². The van der Waals surface area contributed by atoms with Crippen LogP contribution in [0.25, 0.3) is 11.1 Å². The first-order valence-corrected chi connectivity index (χ1v) is 8.25. The van der Waals surface area contributed by atoms with Crippen molar-refractivity contribution in [3.8, 4) is 11.1 Å². The summed E-state index contributed by atoms with van der Waals surface area (Å²) in [6.07, 6.45) is 3.82. The minimum atomic E-state index is -3.78. The Bertz CT molecular complexity index is 744. The number of nitrogens with one attached hydrogen (secondary N) is 1. The number of aromatic nitrogens is 1. The summed E-state index contributed by atoms with van der Waals surface area (Å²) in [6, 6.07) is 10.4. The lowest BCUT2D eigenvalue weighted by molar-refractivity contribution is -0.216. The lowest BCUT2D eigenvalue weighted by Crippen LogP contribution is -2.60. The van der Waals surface area contributed by atoms with Crippen LogP contribution in [0.5, 0.6) is 0 Å². The number of carbonyl (C=O) groups is 1. The molecule has 0 radical (unpaired) electrons. The zero-order chi connectivity index (χ0) is 18.1. The smallest absolute Gasteiger partial charge is 0.352 e. The van der Waals surface area contributed by atoms with Crippen molar-refractivity contribution in [3.63, 3.8) is 0 Å². The molecule has 1 saturated carbocycles. The highest BCUT2D eigenvalue weighted by Crippen LogP contribution is 2.44. The van der Waals surface area contributed by atoms with Gasteiger partial charge in [-0.05, 0) is 48.9 Å². The van der Waals surface area contributed by atoms with E-state index in [1.807, 2.05) is 24.3 Å². The van der Waals surface area contributed by atoms with Crippen molar-refractivity contribution in [2.45, 2.75) is 43.8 Å². The molecule has 1 aromatic heterocycles. The SMILES string of the molecule is CC(NC(=O)C(F)(F)C1(O)CCC1)c1ccc(-c2cccnc2)cc1. The van der Waals surface area contributed by atoms with Gasteiger partial charge in [0.25, 0.3) is 5.91 Å². The second kappa shape index (κ2) is 6.52. The third-order valence-corrected chi connectivity index (χ3v) is 4.80. The Hall–Kier alpha value is -2.34. The van der Waals surface area contributed by atoms with Crippen molar-refractivity contribution < 1.29 is 18.7 Å². The molecule has 1 aliphatic rings. The van der Waals surface area contributed by atoms with Gasteiger partial charge >= 0.3 is 5.92 Å². The van der Waals surface area contributed by atoms with Crippen molar-refractivity contribution in [2.24, 2.45) is 0 Å². The van der Waals surface area contributed by atoms with Crippen molar-refractivity contribution in [1.82, 2.24) is 10.3 Å². The Morgan fingerprint density at radius 1 is 1.24 bits per heavy atom. The van der Waals surface area contributed by atoms with Gasteiger partial charge in [-0.15, -0.1) is 0 Å². The largest absolute Gasteiger partial charge is 0.383 e. The van der Waals surface area contributed by atoms with E-state index >= 15 is 0 Å². The third-order valence-electron chi connectivity index (χ3n) is 4.80. The van der Waals surface area contributed by atoms with E-state index in [4.69, 9.17) is 0 Å². The molecule has 3 rings (SSSR count). The topological polar surface area (TPSA) is 62.2 Å². The number of hydrogen-bond donors (Lipinski definition) is 2. The normalized spacial score (nSPS) is 17.4. The summed E-state index contributed by atoms with van der Waals surface area (Å²) >= 11 is 0. The van der Waals surface area contributed by atoms with Gasteiger partial charge in [-0.1, -0.05) is 30.3 Å². The van der Waals surface area contributed by atoms with Crippen molar-refractivity contribution in [1.29, 1.82) is 0 Å². The molecule has 132 valence electrons. The molecule has 6 heteroatoms. The molecule has 0 spiro atoms. The number of alkyl halides is 2. The summed E-state index contributed by atoms with van der Waals surface area (Å²) in [5.74, 6) is -5.21. The van der Waals surface area contributed by atoms with Crippen LogP contribution in [0.4, 0.5) is 8.78 Å². The molecule has 2 N–H and O–H groups in total. The molecule has 1 atom stereocenters. The summed E-state index contributed by atoms with van der Waals surface area (Å²) < 4.78 is 28.3. The molecule has 0 saturated heterocycles. The molecule has 0 bridgehead atoms. The first kappa shape index (κ1) is 17.5. The van der Waals surface area contributed by atoms with Gasteiger partial charge in [0.15, 0.2) is 0 Å². The standard InChI is InChI=1S/C19H20F2N2O2/c1-13(23-17(24)19(20,21)18(25)9-3-10-18)14-5-7-15(8-6-14)16-4-2-11-22-12-16/h2,4-8,11-13,25H,3,9-10H2,1H3,(H,23,24). The van der Waals surface area contributed by atoms with Crippen LogP contribution in [-0.2, 0) is 4.79 Å². The fourth-order valence-corrected chi connectivity index (χ4v) is 2.91. The van der Waals surface area contributed by atoms with E-state index in [-0.39, 0.29) is 12.8 Å². The molecule has 1 fully saturated rings. The quantitative estimate of drug-likeness (QED) is 0.871. The van der Waals surface area contributed by atoms with E-state index in [0.717, 1.165) is 11.1 Å². The molecule has 1 aromatic carbocycles. The molecule has 1 unspecified atom stereocenters. The minimum absolute atomic E-state index is 0.0540. The Kier molecular flexibility index (Phi) is 4.56. The highest BCUT2D eigenvalue weighted by Gasteiger charge is 2.61. The highest BCUT2D eigenvalue weighted by atomic mass is 19.3. The monoisotopic (exact) mass is 346 g/mol. The van der Waals surface area contributed by atoms with Gasteiger partial charge in [-0.2, -0.15) is 8.78 Å². The lowest BCUT2D eigenvalue weighted by atomic mass is 9.75. The van der Waals surface area contributed by atoms with Crippen LogP contribution in [0.1, 0.15) is 37.8 Å². The highest BCUT2D eigenvalue weighted by molar-refractivity contribution is 5.85. The summed E-state index contributed by atoms with van der Waals surface area (Å²) in [6.45, 7) is 1.64. The van der Waals surface area contributed by atoms with Crippen LogP contribution in [0.2, 0.25) is 0 Å². The second-order valence-corrected chi connectivity index (χ2v) is 6.52. The van der Waals surface area contributed by atoms with E-state index in [9.17, 15) is 18.7 Å². The minimum Gasteiger partial charge on any atom is -0.383 e. The van der Waals surface area contributed by atoms with Crippen LogP contribution in [0, 0.1) is 0 Å². The van der Waals surface area contributed by atoms with Crippen LogP contribution in [0.3, 0.4) is 0 Å². The molecule has 4 nitrogen and oxygen atoms in total. The van der Waals surface area contributed by atoms with Crippen molar-refractivity contribution >= 4 is 5.91 Å². The third kappa shape index (κ3) is 3.26. The molecule has 25 heavy (non-hydrogen) atoms. The first-order valence-electron chi connectivity index (χ1n) is 8.25. The zero-order valence-electron chi connectivity index (χ0n) is 13.9. The number of rotatable bonds is 5. The van der Waals surface area contributed by atoms with E-state index in [0.29, 0.717) is 12.0 Å². The van der Waals surface area contributed by atoms with Crippen LogP contribution in [-0.4, -0.2) is 27.5 Å². The predicted molar refractivity (Wildman–Crippen MR) is 90.0 cm³/mol. The molecular formula is C19H20F2N2O2. The van der Waals surface area contributed by atoms with Crippen LogP contribution in [0.15, 0.2) is 48.8 Å². The molecular weight excluding hydrogens is 326 g/mol. The average molecular weight is 346 g/mol. The van der Waals surface area contributed by atoms with Crippen LogP contribution < -0.4 is 5.32 Å². The predicted octanol–water partition coefficient (Wildman–Crippen LogP) is 3.48. The Morgan fingerprint density at radius 3 is 2.44 bits per heavy atom. The van der Waals surface area contributed by atoms with Gasteiger partial charge in [-0.3, -0.25) is 9.78 Å². The zero-order valence-corrected chi connectivity index (χ0v) is 13.9. The Morgan fingerprint density at radius 2 is 1.92 bits per heavy atom. The van der Waals surface area contributed by atoms with E-state index in [1.165, 1.54) is 0 Å². The van der Waals surface area contributed by atoms with E-state index in [1.54, 1.807) is 31.5 Å². The summed E-state index contributed by atoms with van der Waals surface area (Å²) in [7, 11) is 0. The molecule has 0 aliphatic heterocycles. The van der Waals surface area contributed by atoms with E-state index < -0.39 is 23.5 Å². The van der Waals surface area contributed by atoms with Gasteiger partial charge in [-0.25, -0.2) is 0 Å². The number of nitrogens with zero attached hydrogens (tertiary/aromatic N) is 1. The Labute approximate surface area is 144 Å². The maximum Gasteiger partial charge on any atom is 0.352 e.